The highest BCUT2D eigenvalue weighted by atomic mass is 35.5. The fraction of sp³-hybridized carbons (Fsp3) is 0.111. The lowest BCUT2D eigenvalue weighted by molar-refractivity contribution is 0.340. The van der Waals surface area contributed by atoms with Crippen molar-refractivity contribution in [1.29, 1.82) is 0 Å². The van der Waals surface area contributed by atoms with Crippen LogP contribution in [0.4, 0.5) is 23.1 Å². The van der Waals surface area contributed by atoms with Crippen LogP contribution < -0.4 is 15.4 Å². The summed E-state index contributed by atoms with van der Waals surface area (Å²) in [6.45, 7) is 2.59. The number of hydrogen-bond donors (Lipinski definition) is 2. The van der Waals surface area contributed by atoms with E-state index < -0.39 is 0 Å². The van der Waals surface area contributed by atoms with E-state index in [1.165, 1.54) is 0 Å². The highest BCUT2D eigenvalue weighted by Crippen LogP contribution is 2.25. The van der Waals surface area contributed by atoms with Gasteiger partial charge in [-0.15, -0.1) is 0 Å². The summed E-state index contributed by atoms with van der Waals surface area (Å²) in [5.41, 5.74) is 1.62. The van der Waals surface area contributed by atoms with Gasteiger partial charge in [-0.05, 0) is 55.5 Å². The number of hydrogen-bond acceptors (Lipinski definition) is 5. The standard InChI is InChI=1S/C18H16Cl2N4O/c1-2-25-16-5-3-14(4-6-16)22-17-7-8-21-18(24-17)23-15-10-12(19)9-13(20)11-15/h3-11H,2H2,1H3,(H2,21,22,23,24). The predicted octanol–water partition coefficient (Wildman–Crippen LogP) is 5.67. The molecule has 0 spiro atoms. The summed E-state index contributed by atoms with van der Waals surface area (Å²) < 4.78 is 5.43. The Kier molecular flexibility index (Phi) is 5.58. The van der Waals surface area contributed by atoms with Crippen LogP contribution in [0.1, 0.15) is 6.92 Å². The number of anilines is 4. The van der Waals surface area contributed by atoms with Crippen molar-refractivity contribution in [3.63, 3.8) is 0 Å². The number of nitrogens with one attached hydrogen (secondary N) is 2. The van der Waals surface area contributed by atoms with Crippen molar-refractivity contribution in [2.24, 2.45) is 0 Å². The van der Waals surface area contributed by atoms with Crippen molar-refractivity contribution in [3.8, 4) is 5.75 Å². The normalized spacial score (nSPS) is 10.4. The Bertz CT molecular complexity index is 836. The van der Waals surface area contributed by atoms with Crippen LogP contribution in [-0.2, 0) is 0 Å². The van der Waals surface area contributed by atoms with E-state index in [4.69, 9.17) is 27.9 Å². The molecule has 0 aliphatic carbocycles. The van der Waals surface area contributed by atoms with Crippen molar-refractivity contribution >= 4 is 46.3 Å². The van der Waals surface area contributed by atoms with Gasteiger partial charge >= 0.3 is 0 Å². The van der Waals surface area contributed by atoms with Gasteiger partial charge in [0.15, 0.2) is 0 Å². The molecule has 2 N–H and O–H groups in total. The molecule has 128 valence electrons. The van der Waals surface area contributed by atoms with Crippen LogP contribution in [0.2, 0.25) is 10.0 Å². The Morgan fingerprint density at radius 2 is 1.64 bits per heavy atom. The number of halogens is 2. The maximum absolute atomic E-state index is 6.00. The van der Waals surface area contributed by atoms with Gasteiger partial charge in [0.05, 0.1) is 6.61 Å². The number of aromatic nitrogens is 2. The zero-order valence-corrected chi connectivity index (χ0v) is 15.0. The van der Waals surface area contributed by atoms with E-state index in [2.05, 4.69) is 20.6 Å². The Morgan fingerprint density at radius 3 is 2.32 bits per heavy atom. The topological polar surface area (TPSA) is 59.1 Å². The molecule has 0 saturated carbocycles. The summed E-state index contributed by atoms with van der Waals surface area (Å²) >= 11 is 12.0. The summed E-state index contributed by atoms with van der Waals surface area (Å²) in [6.07, 6.45) is 1.67. The molecule has 2 aromatic carbocycles. The first-order chi connectivity index (χ1) is 12.1. The van der Waals surface area contributed by atoms with Gasteiger partial charge in [0, 0.05) is 27.6 Å². The number of ether oxygens (including phenoxy) is 1. The summed E-state index contributed by atoms with van der Waals surface area (Å²) in [5, 5.41) is 7.39. The van der Waals surface area contributed by atoms with E-state index in [0.717, 1.165) is 17.1 Å². The molecule has 0 aliphatic rings. The van der Waals surface area contributed by atoms with Gasteiger partial charge in [0.25, 0.3) is 0 Å². The maximum Gasteiger partial charge on any atom is 0.229 e. The molecule has 0 fully saturated rings. The Labute approximate surface area is 156 Å². The first-order valence-electron chi connectivity index (χ1n) is 7.68. The third-order valence-corrected chi connectivity index (χ3v) is 3.65. The van der Waals surface area contributed by atoms with Crippen LogP contribution in [0.25, 0.3) is 0 Å². The summed E-state index contributed by atoms with van der Waals surface area (Å²) in [5.74, 6) is 1.93. The van der Waals surface area contributed by atoms with E-state index in [1.54, 1.807) is 30.5 Å². The largest absolute Gasteiger partial charge is 0.494 e. The molecule has 0 atom stereocenters. The second kappa shape index (κ2) is 8.05. The minimum atomic E-state index is 0.439. The lowest BCUT2D eigenvalue weighted by atomic mass is 10.3. The third-order valence-electron chi connectivity index (χ3n) is 3.21. The highest BCUT2D eigenvalue weighted by molar-refractivity contribution is 6.35. The average Bonchev–Trinajstić information content (AvgIpc) is 2.56. The molecule has 5 nitrogen and oxygen atoms in total. The predicted molar refractivity (Wildman–Crippen MR) is 103 cm³/mol. The van der Waals surface area contributed by atoms with Gasteiger partial charge in [-0.1, -0.05) is 23.2 Å². The Balaban J connectivity index is 1.72. The summed E-state index contributed by atoms with van der Waals surface area (Å²) in [7, 11) is 0. The smallest absolute Gasteiger partial charge is 0.229 e. The second-order valence-corrected chi connectivity index (χ2v) is 6.00. The SMILES string of the molecule is CCOc1ccc(Nc2ccnc(Nc3cc(Cl)cc(Cl)c3)n2)cc1. The molecule has 0 aliphatic heterocycles. The van der Waals surface area contributed by atoms with Crippen molar-refractivity contribution < 1.29 is 4.74 Å². The molecule has 0 radical (unpaired) electrons. The fourth-order valence-corrected chi connectivity index (χ4v) is 2.72. The Hall–Kier alpha value is -2.50. The van der Waals surface area contributed by atoms with Gasteiger partial charge in [-0.3, -0.25) is 0 Å². The monoisotopic (exact) mass is 374 g/mol. The van der Waals surface area contributed by atoms with Crippen molar-refractivity contribution in [2.75, 3.05) is 17.2 Å². The van der Waals surface area contributed by atoms with Crippen molar-refractivity contribution in [2.45, 2.75) is 6.92 Å². The molecule has 1 heterocycles. The van der Waals surface area contributed by atoms with Gasteiger partial charge < -0.3 is 15.4 Å². The molecule has 0 bridgehead atoms. The molecule has 0 amide bonds. The molecular weight excluding hydrogens is 359 g/mol. The van der Waals surface area contributed by atoms with Gasteiger partial charge in [0.2, 0.25) is 5.95 Å². The van der Waals surface area contributed by atoms with E-state index >= 15 is 0 Å². The molecule has 3 rings (SSSR count). The molecule has 3 aromatic rings. The number of nitrogens with zero attached hydrogens (tertiary/aromatic N) is 2. The second-order valence-electron chi connectivity index (χ2n) is 5.13. The maximum atomic E-state index is 6.00. The molecule has 25 heavy (non-hydrogen) atoms. The zero-order valence-electron chi connectivity index (χ0n) is 13.5. The van der Waals surface area contributed by atoms with Crippen molar-refractivity contribution in [1.82, 2.24) is 9.97 Å². The molecule has 0 saturated heterocycles. The first kappa shape index (κ1) is 17.3. The van der Waals surface area contributed by atoms with Gasteiger partial charge in [-0.25, -0.2) is 4.98 Å². The van der Waals surface area contributed by atoms with Crippen LogP contribution in [0.15, 0.2) is 54.7 Å². The number of benzene rings is 2. The minimum absolute atomic E-state index is 0.439. The van der Waals surface area contributed by atoms with Crippen molar-refractivity contribution in [3.05, 3.63) is 64.8 Å². The lowest BCUT2D eigenvalue weighted by Gasteiger charge is -2.10. The summed E-state index contributed by atoms with van der Waals surface area (Å²) in [6, 6.07) is 14.6. The zero-order chi connectivity index (χ0) is 17.6. The Morgan fingerprint density at radius 1 is 0.920 bits per heavy atom. The number of rotatable bonds is 6. The van der Waals surface area contributed by atoms with Crippen LogP contribution >= 0.6 is 23.2 Å². The molecule has 7 heteroatoms. The first-order valence-corrected chi connectivity index (χ1v) is 8.44. The van der Waals surface area contributed by atoms with Crippen LogP contribution in [0.5, 0.6) is 5.75 Å². The van der Waals surface area contributed by atoms with E-state index in [1.807, 2.05) is 31.2 Å². The van der Waals surface area contributed by atoms with Crippen LogP contribution in [-0.4, -0.2) is 16.6 Å². The van der Waals surface area contributed by atoms with Crippen LogP contribution in [0, 0.1) is 0 Å². The highest BCUT2D eigenvalue weighted by Gasteiger charge is 2.03. The molecule has 0 unspecified atom stereocenters. The van der Waals surface area contributed by atoms with Crippen LogP contribution in [0.3, 0.4) is 0 Å². The molecule has 1 aromatic heterocycles. The third kappa shape index (κ3) is 4.98. The van der Waals surface area contributed by atoms with Gasteiger partial charge in [-0.2, -0.15) is 4.98 Å². The molecular formula is C18H16Cl2N4O. The van der Waals surface area contributed by atoms with Gasteiger partial charge in [0.1, 0.15) is 11.6 Å². The summed E-state index contributed by atoms with van der Waals surface area (Å²) in [4.78, 5) is 8.64. The van der Waals surface area contributed by atoms with E-state index in [9.17, 15) is 0 Å². The minimum Gasteiger partial charge on any atom is -0.494 e. The quantitative estimate of drug-likeness (QED) is 0.581. The fourth-order valence-electron chi connectivity index (χ4n) is 2.19. The van der Waals surface area contributed by atoms with E-state index in [-0.39, 0.29) is 0 Å². The lowest BCUT2D eigenvalue weighted by Crippen LogP contribution is -2.00. The van der Waals surface area contributed by atoms with E-state index in [0.29, 0.717) is 28.4 Å². The average molecular weight is 375 g/mol.